The lowest BCUT2D eigenvalue weighted by Gasteiger charge is -2.26. The molecule has 21 heavy (non-hydrogen) atoms. The van der Waals surface area contributed by atoms with Crippen molar-refractivity contribution in [3.05, 3.63) is 35.9 Å². The zero-order valence-corrected chi connectivity index (χ0v) is 13.5. The number of rotatable bonds is 4. The van der Waals surface area contributed by atoms with Crippen LogP contribution in [0.25, 0.3) is 0 Å². The lowest BCUT2D eigenvalue weighted by molar-refractivity contribution is -0.130. The minimum absolute atomic E-state index is 0.0916. The van der Waals surface area contributed by atoms with Crippen molar-refractivity contribution in [1.82, 2.24) is 4.90 Å². The molecule has 1 aliphatic rings. The molecule has 1 aliphatic heterocycles. The molecule has 1 N–H and O–H groups in total. The maximum absolute atomic E-state index is 12.5. The molecule has 1 aromatic rings. The van der Waals surface area contributed by atoms with Crippen LogP contribution in [0.2, 0.25) is 0 Å². The van der Waals surface area contributed by atoms with E-state index in [1.165, 1.54) is 0 Å². The number of alkyl halides is 1. The van der Waals surface area contributed by atoms with Gasteiger partial charge in [0.2, 0.25) is 5.91 Å². The molecule has 0 radical (unpaired) electrons. The molecule has 0 bridgehead atoms. The molecule has 1 fully saturated rings. The summed E-state index contributed by atoms with van der Waals surface area (Å²) >= 11 is 3.21. The van der Waals surface area contributed by atoms with E-state index in [2.05, 4.69) is 15.9 Å². The topological polar surface area (TPSA) is 66.8 Å². The van der Waals surface area contributed by atoms with Crippen LogP contribution in [-0.2, 0) is 9.53 Å². The van der Waals surface area contributed by atoms with Gasteiger partial charge in [0, 0.05) is 0 Å². The van der Waals surface area contributed by atoms with Crippen molar-refractivity contribution in [2.24, 2.45) is 5.92 Å². The molecule has 1 aromatic carbocycles. The number of benzene rings is 1. The van der Waals surface area contributed by atoms with Gasteiger partial charge < -0.3 is 9.84 Å². The van der Waals surface area contributed by atoms with E-state index in [0.717, 1.165) is 4.90 Å². The number of aliphatic hydroxyl groups is 1. The highest BCUT2D eigenvalue weighted by molar-refractivity contribution is 9.10. The molecule has 3 atom stereocenters. The number of nitrogens with zero attached hydrogens (tertiary/aromatic N) is 1. The van der Waals surface area contributed by atoms with Gasteiger partial charge in [0.25, 0.3) is 0 Å². The smallest absolute Gasteiger partial charge is 0.417 e. The fourth-order valence-electron chi connectivity index (χ4n) is 2.27. The Hall–Kier alpha value is -1.40. The molecule has 114 valence electrons. The van der Waals surface area contributed by atoms with Gasteiger partial charge in [0.1, 0.15) is 17.5 Å². The summed E-state index contributed by atoms with van der Waals surface area (Å²) in [5.74, 6) is -0.387. The molecule has 0 unspecified atom stereocenters. The lowest BCUT2D eigenvalue weighted by atomic mass is 10.0. The molecule has 0 spiro atoms. The Bertz CT molecular complexity index is 520. The van der Waals surface area contributed by atoms with Gasteiger partial charge in [-0.15, -0.1) is 0 Å². The van der Waals surface area contributed by atoms with Crippen LogP contribution in [-0.4, -0.2) is 39.5 Å². The molecule has 5 nitrogen and oxygen atoms in total. The summed E-state index contributed by atoms with van der Waals surface area (Å²) in [5, 5.41) is 10.3. The third kappa shape index (κ3) is 3.27. The van der Waals surface area contributed by atoms with Gasteiger partial charge >= 0.3 is 6.09 Å². The number of halogens is 1. The second-order valence-electron chi connectivity index (χ2n) is 5.35. The van der Waals surface area contributed by atoms with E-state index >= 15 is 0 Å². The first-order chi connectivity index (χ1) is 9.93. The Balaban J connectivity index is 2.16. The minimum atomic E-state index is -1.03. The lowest BCUT2D eigenvalue weighted by Crippen LogP contribution is -2.46. The first kappa shape index (κ1) is 16.0. The number of hydrogen-bond acceptors (Lipinski definition) is 4. The molecule has 0 aromatic heterocycles. The molecule has 1 heterocycles. The number of hydrogen-bond donors (Lipinski definition) is 1. The number of aliphatic hydroxyl groups excluding tert-OH is 1. The average Bonchev–Trinajstić information content (AvgIpc) is 2.87. The second kappa shape index (κ2) is 6.58. The first-order valence-corrected chi connectivity index (χ1v) is 7.72. The van der Waals surface area contributed by atoms with Crippen LogP contribution in [0.15, 0.2) is 30.3 Å². The van der Waals surface area contributed by atoms with E-state index < -0.39 is 22.9 Å². The van der Waals surface area contributed by atoms with Crippen molar-refractivity contribution in [3.63, 3.8) is 0 Å². The zero-order chi connectivity index (χ0) is 15.6. The Kier molecular flexibility index (Phi) is 5.00. The summed E-state index contributed by atoms with van der Waals surface area (Å²) in [6.07, 6.45) is -1.68. The van der Waals surface area contributed by atoms with Crippen LogP contribution in [0.4, 0.5) is 4.79 Å². The van der Waals surface area contributed by atoms with Crippen molar-refractivity contribution in [2.45, 2.75) is 30.8 Å². The molecule has 2 amide bonds. The summed E-state index contributed by atoms with van der Waals surface area (Å²) in [5.41, 5.74) is 0.612. The van der Waals surface area contributed by atoms with Crippen LogP contribution in [0.3, 0.4) is 0 Å². The number of carbonyl (C=O) groups is 2. The van der Waals surface area contributed by atoms with E-state index in [1.54, 1.807) is 24.3 Å². The van der Waals surface area contributed by atoms with Gasteiger partial charge in [-0.25, -0.2) is 9.69 Å². The fraction of sp³-hybridized carbons (Fsp3) is 0.467. The van der Waals surface area contributed by atoms with E-state index in [4.69, 9.17) is 4.74 Å². The summed E-state index contributed by atoms with van der Waals surface area (Å²) < 4.78 is 4.96. The third-order valence-corrected chi connectivity index (χ3v) is 4.46. The van der Waals surface area contributed by atoms with Crippen LogP contribution in [0.5, 0.6) is 0 Å². The molecule has 1 saturated heterocycles. The summed E-state index contributed by atoms with van der Waals surface area (Å²) in [6, 6.07) is 8.55. The number of amides is 2. The Morgan fingerprint density at radius 1 is 1.38 bits per heavy atom. The molecular weight excluding hydrogens is 338 g/mol. The van der Waals surface area contributed by atoms with Crippen LogP contribution in [0.1, 0.15) is 25.5 Å². The van der Waals surface area contributed by atoms with Crippen molar-refractivity contribution in [2.75, 3.05) is 6.61 Å². The first-order valence-electron chi connectivity index (χ1n) is 6.80. The summed E-state index contributed by atoms with van der Waals surface area (Å²) in [7, 11) is 0. The quantitative estimate of drug-likeness (QED) is 0.842. The summed E-state index contributed by atoms with van der Waals surface area (Å²) in [6.45, 7) is 4.04. The number of cyclic esters (lactones) is 1. The molecule has 2 rings (SSSR count). The highest BCUT2D eigenvalue weighted by Gasteiger charge is 2.43. The van der Waals surface area contributed by atoms with Gasteiger partial charge in [-0.2, -0.15) is 0 Å². The SMILES string of the molecule is CC(C)[C@@H]1COC(=O)N1C(=O)[C@@H](Br)[C@H](O)c1ccccc1. The summed E-state index contributed by atoms with van der Waals surface area (Å²) in [4.78, 5) is 24.5. The Labute approximate surface area is 132 Å². The standard InChI is InChI=1S/C15H18BrNO4/c1-9(2)11-8-21-15(20)17(11)14(19)12(16)13(18)10-6-4-3-5-7-10/h3-7,9,11-13,18H,8H2,1-2H3/t11-,12-,13+/m0/s1. The second-order valence-corrected chi connectivity index (χ2v) is 6.34. The third-order valence-electron chi connectivity index (χ3n) is 3.57. The maximum atomic E-state index is 12.5. The van der Waals surface area contributed by atoms with Crippen LogP contribution >= 0.6 is 15.9 Å². The highest BCUT2D eigenvalue weighted by atomic mass is 79.9. The van der Waals surface area contributed by atoms with Crippen molar-refractivity contribution < 1.29 is 19.4 Å². The predicted molar refractivity (Wildman–Crippen MR) is 80.9 cm³/mol. The van der Waals surface area contributed by atoms with Crippen molar-refractivity contribution >= 4 is 27.9 Å². The van der Waals surface area contributed by atoms with Gasteiger partial charge in [-0.05, 0) is 11.5 Å². The van der Waals surface area contributed by atoms with Crippen molar-refractivity contribution in [1.29, 1.82) is 0 Å². The Morgan fingerprint density at radius 3 is 2.57 bits per heavy atom. The number of ether oxygens (including phenoxy) is 1. The van der Waals surface area contributed by atoms with Crippen molar-refractivity contribution in [3.8, 4) is 0 Å². The minimum Gasteiger partial charge on any atom is -0.447 e. The molecule has 0 aliphatic carbocycles. The van der Waals surface area contributed by atoms with Gasteiger partial charge in [0.15, 0.2) is 0 Å². The molecular formula is C15H18BrNO4. The fourth-order valence-corrected chi connectivity index (χ4v) is 2.79. The normalized spacial score (nSPS) is 21.3. The van der Waals surface area contributed by atoms with E-state index in [1.807, 2.05) is 19.9 Å². The van der Waals surface area contributed by atoms with Gasteiger partial charge in [-0.1, -0.05) is 60.1 Å². The number of imide groups is 1. The molecule has 0 saturated carbocycles. The maximum Gasteiger partial charge on any atom is 0.417 e. The zero-order valence-electron chi connectivity index (χ0n) is 11.9. The van der Waals surface area contributed by atoms with E-state index in [0.29, 0.717) is 5.56 Å². The van der Waals surface area contributed by atoms with Crippen LogP contribution in [0, 0.1) is 5.92 Å². The van der Waals surface area contributed by atoms with Crippen LogP contribution < -0.4 is 0 Å². The van der Waals surface area contributed by atoms with Gasteiger partial charge in [-0.3, -0.25) is 4.79 Å². The average molecular weight is 356 g/mol. The van der Waals surface area contributed by atoms with Gasteiger partial charge in [0.05, 0.1) is 6.04 Å². The number of carbonyl (C=O) groups excluding carboxylic acids is 2. The predicted octanol–water partition coefficient (Wildman–Crippen LogP) is 2.49. The van der Waals surface area contributed by atoms with E-state index in [9.17, 15) is 14.7 Å². The van der Waals surface area contributed by atoms with E-state index in [-0.39, 0.29) is 18.6 Å². The Morgan fingerprint density at radius 2 is 2.00 bits per heavy atom. The highest BCUT2D eigenvalue weighted by Crippen LogP contribution is 2.28. The molecule has 6 heteroatoms. The largest absolute Gasteiger partial charge is 0.447 e. The monoisotopic (exact) mass is 355 g/mol.